The van der Waals surface area contributed by atoms with E-state index in [0.29, 0.717) is 18.4 Å². The van der Waals surface area contributed by atoms with Gasteiger partial charge in [0.2, 0.25) is 5.91 Å². The van der Waals surface area contributed by atoms with Gasteiger partial charge in [0.05, 0.1) is 0 Å². The summed E-state index contributed by atoms with van der Waals surface area (Å²) < 4.78 is 0. The van der Waals surface area contributed by atoms with Crippen LogP contribution in [0.3, 0.4) is 0 Å². The number of aliphatic carboxylic acids is 1. The highest BCUT2D eigenvalue weighted by Gasteiger charge is 2.43. The predicted molar refractivity (Wildman–Crippen MR) is 92.2 cm³/mol. The Hall–Kier alpha value is -2.37. The van der Waals surface area contributed by atoms with Gasteiger partial charge in [-0.3, -0.25) is 9.59 Å². The number of hydrogen-bond donors (Lipinski definition) is 2. The second-order valence-electron chi connectivity index (χ2n) is 7.01. The highest BCUT2D eigenvalue weighted by atomic mass is 16.4. The second-order valence-corrected chi connectivity index (χ2v) is 7.01. The molecule has 0 aliphatic carbocycles. The van der Waals surface area contributed by atoms with Crippen LogP contribution < -0.4 is 5.32 Å². The Morgan fingerprint density at radius 1 is 1.08 bits per heavy atom. The first-order chi connectivity index (χ1) is 12.0. The van der Waals surface area contributed by atoms with Crippen molar-refractivity contribution < 1.29 is 19.5 Å². The molecule has 0 spiro atoms. The largest absolute Gasteiger partial charge is 0.480 e. The minimum atomic E-state index is -0.958. The van der Waals surface area contributed by atoms with Crippen molar-refractivity contribution in [1.82, 2.24) is 10.2 Å². The normalized spacial score (nSPS) is 26.5. The average molecular weight is 344 g/mol. The van der Waals surface area contributed by atoms with Crippen molar-refractivity contribution in [3.8, 4) is 0 Å². The van der Waals surface area contributed by atoms with Crippen LogP contribution in [0.4, 0.5) is 0 Å². The van der Waals surface area contributed by atoms with E-state index >= 15 is 0 Å². The number of rotatable bonds is 3. The topological polar surface area (TPSA) is 86.7 Å². The number of carbonyl (C=O) groups excluding carboxylic acids is 2. The number of nitrogens with zero attached hydrogens (tertiary/aromatic N) is 1. The van der Waals surface area contributed by atoms with Gasteiger partial charge in [0, 0.05) is 11.6 Å². The highest BCUT2D eigenvalue weighted by molar-refractivity contribution is 5.98. The van der Waals surface area contributed by atoms with Crippen LogP contribution in [0.5, 0.6) is 0 Å². The van der Waals surface area contributed by atoms with Crippen molar-refractivity contribution in [3.63, 3.8) is 0 Å². The van der Waals surface area contributed by atoms with Gasteiger partial charge >= 0.3 is 5.97 Å². The van der Waals surface area contributed by atoms with Crippen molar-refractivity contribution in [2.75, 3.05) is 0 Å². The Balaban J connectivity index is 1.77. The highest BCUT2D eigenvalue weighted by Crippen LogP contribution is 2.31. The maximum atomic E-state index is 13.0. The van der Waals surface area contributed by atoms with E-state index in [1.165, 1.54) is 4.90 Å². The zero-order valence-corrected chi connectivity index (χ0v) is 14.4. The van der Waals surface area contributed by atoms with E-state index in [1.807, 2.05) is 19.1 Å². The van der Waals surface area contributed by atoms with Crippen molar-refractivity contribution in [1.29, 1.82) is 0 Å². The number of fused-ring (bicyclic) bond motifs is 1. The lowest BCUT2D eigenvalue weighted by Gasteiger charge is -2.34. The average Bonchev–Trinajstić information content (AvgIpc) is 2.99. The molecule has 3 atom stereocenters. The van der Waals surface area contributed by atoms with Gasteiger partial charge in [0.25, 0.3) is 5.91 Å². The van der Waals surface area contributed by atoms with Crippen LogP contribution in [0.15, 0.2) is 24.3 Å². The van der Waals surface area contributed by atoms with E-state index in [2.05, 4.69) is 5.32 Å². The first kappa shape index (κ1) is 17.5. The first-order valence-corrected chi connectivity index (χ1v) is 8.90. The van der Waals surface area contributed by atoms with Crippen LogP contribution in [0.1, 0.15) is 54.4 Å². The van der Waals surface area contributed by atoms with Crippen LogP contribution in [-0.2, 0) is 9.59 Å². The Morgan fingerprint density at radius 2 is 1.76 bits per heavy atom. The summed E-state index contributed by atoms with van der Waals surface area (Å²) >= 11 is 0. The van der Waals surface area contributed by atoms with Gasteiger partial charge in [0.1, 0.15) is 12.1 Å². The Morgan fingerprint density at radius 3 is 2.44 bits per heavy atom. The maximum absolute atomic E-state index is 13.0. The summed E-state index contributed by atoms with van der Waals surface area (Å²) in [5.41, 5.74) is 1.57. The molecule has 25 heavy (non-hydrogen) atoms. The zero-order chi connectivity index (χ0) is 18.0. The number of aryl methyl sites for hydroxylation is 1. The molecule has 2 heterocycles. The Kier molecular flexibility index (Phi) is 5.06. The molecule has 0 bridgehead atoms. The lowest BCUT2D eigenvalue weighted by molar-refractivity contribution is -0.151. The van der Waals surface area contributed by atoms with Crippen LogP contribution in [0, 0.1) is 6.92 Å². The molecule has 0 saturated carbocycles. The van der Waals surface area contributed by atoms with E-state index < -0.39 is 18.1 Å². The van der Waals surface area contributed by atoms with Gasteiger partial charge in [-0.15, -0.1) is 0 Å². The summed E-state index contributed by atoms with van der Waals surface area (Å²) in [5.74, 6) is -1.50. The lowest BCUT2D eigenvalue weighted by Crippen LogP contribution is -2.54. The summed E-state index contributed by atoms with van der Waals surface area (Å²) in [7, 11) is 0. The molecule has 1 aromatic rings. The second kappa shape index (κ2) is 7.25. The molecule has 2 N–H and O–H groups in total. The minimum Gasteiger partial charge on any atom is -0.480 e. The van der Waals surface area contributed by atoms with Gasteiger partial charge < -0.3 is 15.3 Å². The number of carboxylic acids is 1. The quantitative estimate of drug-likeness (QED) is 0.879. The molecular formula is C19H24N2O4. The molecule has 2 aliphatic heterocycles. The fourth-order valence-corrected chi connectivity index (χ4v) is 3.85. The van der Waals surface area contributed by atoms with Crippen LogP contribution in [-0.4, -0.2) is 45.9 Å². The fourth-order valence-electron chi connectivity index (χ4n) is 3.85. The zero-order valence-electron chi connectivity index (χ0n) is 14.4. The lowest BCUT2D eigenvalue weighted by atomic mass is 9.98. The summed E-state index contributed by atoms with van der Waals surface area (Å²) in [5, 5.41) is 12.2. The van der Waals surface area contributed by atoms with Crippen LogP contribution >= 0.6 is 0 Å². The van der Waals surface area contributed by atoms with Gasteiger partial charge in [-0.25, -0.2) is 4.79 Å². The van der Waals surface area contributed by atoms with Crippen molar-refractivity contribution >= 4 is 17.8 Å². The predicted octanol–water partition coefficient (Wildman–Crippen LogP) is 2.11. The monoisotopic (exact) mass is 344 g/mol. The van der Waals surface area contributed by atoms with E-state index in [1.54, 1.807) is 12.1 Å². The van der Waals surface area contributed by atoms with Crippen LogP contribution in [0.2, 0.25) is 0 Å². The molecular weight excluding hydrogens is 320 g/mol. The van der Waals surface area contributed by atoms with E-state index in [-0.39, 0.29) is 17.9 Å². The van der Waals surface area contributed by atoms with Gasteiger partial charge in [-0.05, 0) is 44.7 Å². The Bertz CT molecular complexity index is 671. The van der Waals surface area contributed by atoms with Gasteiger partial charge in [-0.2, -0.15) is 0 Å². The number of nitrogens with one attached hydrogen (secondary N) is 1. The van der Waals surface area contributed by atoms with E-state index in [0.717, 1.165) is 31.2 Å². The third-order valence-corrected chi connectivity index (χ3v) is 5.24. The number of benzene rings is 1. The van der Waals surface area contributed by atoms with Crippen LogP contribution in [0.25, 0.3) is 0 Å². The molecule has 3 rings (SSSR count). The molecule has 134 valence electrons. The van der Waals surface area contributed by atoms with Gasteiger partial charge in [-0.1, -0.05) is 30.5 Å². The van der Waals surface area contributed by atoms with Gasteiger partial charge in [0.15, 0.2) is 0 Å². The molecule has 2 saturated heterocycles. The molecule has 2 aliphatic rings. The SMILES string of the molecule is Cc1ccc(C(=O)N[C@H]2CCCC[C@H]3CC[C@@H](C(=O)O)N3C2=O)cc1. The van der Waals surface area contributed by atoms with E-state index in [9.17, 15) is 19.5 Å². The minimum absolute atomic E-state index is 0.0207. The summed E-state index contributed by atoms with van der Waals surface area (Å²) in [6.07, 6.45) is 4.40. The molecule has 0 unspecified atom stereocenters. The maximum Gasteiger partial charge on any atom is 0.326 e. The summed E-state index contributed by atoms with van der Waals surface area (Å²) in [6.45, 7) is 1.94. The molecule has 6 nitrogen and oxygen atoms in total. The van der Waals surface area contributed by atoms with E-state index in [4.69, 9.17) is 0 Å². The number of carbonyl (C=O) groups is 3. The van der Waals surface area contributed by atoms with Crippen molar-refractivity contribution in [3.05, 3.63) is 35.4 Å². The molecule has 1 aromatic carbocycles. The molecule has 2 fully saturated rings. The Labute approximate surface area is 147 Å². The number of hydrogen-bond acceptors (Lipinski definition) is 3. The van der Waals surface area contributed by atoms with Crippen molar-refractivity contribution in [2.45, 2.75) is 63.6 Å². The molecule has 0 radical (unpaired) electrons. The number of carboxylic acid groups (broad SMARTS) is 1. The fraction of sp³-hybridized carbons (Fsp3) is 0.526. The standard InChI is InChI=1S/C19H24N2O4/c1-12-6-8-13(9-7-12)17(22)20-15-5-3-2-4-14-10-11-16(19(24)25)21(14)18(15)23/h6-9,14-16H,2-5,10-11H2,1H3,(H,20,22)(H,24,25)/t14-,15-,16-/m0/s1. The van der Waals surface area contributed by atoms with Crippen molar-refractivity contribution in [2.24, 2.45) is 0 Å². The number of amides is 2. The summed E-state index contributed by atoms with van der Waals surface area (Å²) in [6, 6.07) is 5.73. The summed E-state index contributed by atoms with van der Waals surface area (Å²) in [4.78, 5) is 38.5. The first-order valence-electron chi connectivity index (χ1n) is 8.90. The molecule has 6 heteroatoms. The smallest absolute Gasteiger partial charge is 0.326 e. The third-order valence-electron chi connectivity index (χ3n) is 5.24. The third kappa shape index (κ3) is 3.67. The molecule has 2 amide bonds. The molecule has 0 aromatic heterocycles.